The number of thiophene rings is 1. The van der Waals surface area contributed by atoms with E-state index in [9.17, 15) is 10.0 Å². The molecule has 0 saturated carbocycles. The van der Waals surface area contributed by atoms with Gasteiger partial charge in [0.05, 0.1) is 5.69 Å². The lowest BCUT2D eigenvalue weighted by Crippen LogP contribution is -2.37. The molecular weight excluding hydrogens is 476 g/mol. The number of carbonyl (C=O) groups is 1. The molecular formula is C32H28N2O2S. The van der Waals surface area contributed by atoms with Crippen LogP contribution in [0, 0.1) is 0 Å². The molecule has 0 saturated heterocycles. The van der Waals surface area contributed by atoms with Gasteiger partial charge >= 0.3 is 6.03 Å². The van der Waals surface area contributed by atoms with E-state index in [-0.39, 0.29) is 6.54 Å². The molecule has 4 nitrogen and oxygen atoms in total. The molecule has 6 rings (SSSR count). The van der Waals surface area contributed by atoms with Crippen molar-refractivity contribution in [3.8, 4) is 21.6 Å². The molecule has 0 bridgehead atoms. The summed E-state index contributed by atoms with van der Waals surface area (Å²) in [6.07, 6.45) is 8.26. The molecule has 5 heteroatoms. The van der Waals surface area contributed by atoms with Crippen LogP contribution in [0.2, 0.25) is 0 Å². The molecule has 3 aromatic carbocycles. The summed E-state index contributed by atoms with van der Waals surface area (Å²) in [4.78, 5) is 14.5. The fourth-order valence-electron chi connectivity index (χ4n) is 5.46. The average molecular weight is 505 g/mol. The lowest BCUT2D eigenvalue weighted by molar-refractivity contribution is 0.205. The van der Waals surface area contributed by atoms with Crippen LogP contribution < -0.4 is 10.4 Å². The molecule has 0 atom stereocenters. The van der Waals surface area contributed by atoms with Gasteiger partial charge in [-0.1, -0.05) is 60.7 Å². The van der Waals surface area contributed by atoms with Crippen LogP contribution in [0.1, 0.15) is 33.6 Å². The van der Waals surface area contributed by atoms with Crippen molar-refractivity contribution in [2.45, 2.75) is 25.7 Å². The van der Waals surface area contributed by atoms with Gasteiger partial charge in [-0.15, -0.1) is 17.9 Å². The first-order valence-electron chi connectivity index (χ1n) is 12.6. The second kappa shape index (κ2) is 9.85. The number of aryl methyl sites for hydroxylation is 1. The molecule has 0 aliphatic heterocycles. The normalized spacial score (nSPS) is 13.6. The number of fused-ring (bicyclic) bond motifs is 5. The van der Waals surface area contributed by atoms with Gasteiger partial charge in [0.15, 0.2) is 0 Å². The highest BCUT2D eigenvalue weighted by atomic mass is 32.1. The third-order valence-electron chi connectivity index (χ3n) is 7.28. The average Bonchev–Trinajstić information content (AvgIpc) is 3.45. The zero-order valence-electron chi connectivity index (χ0n) is 20.5. The fraction of sp³-hybridized carbons (Fsp3) is 0.156. The number of allylic oxidation sites excluding steroid dienone is 1. The zero-order chi connectivity index (χ0) is 25.4. The van der Waals surface area contributed by atoms with Crippen molar-refractivity contribution in [1.29, 1.82) is 0 Å². The summed E-state index contributed by atoms with van der Waals surface area (Å²) in [6.45, 7) is 3.87. The first-order valence-corrected chi connectivity index (χ1v) is 13.5. The van der Waals surface area contributed by atoms with Gasteiger partial charge in [-0.25, -0.2) is 4.79 Å². The van der Waals surface area contributed by atoms with Crippen molar-refractivity contribution in [3.05, 3.63) is 113 Å². The molecule has 4 aromatic rings. The van der Waals surface area contributed by atoms with E-state index < -0.39 is 6.03 Å². The summed E-state index contributed by atoms with van der Waals surface area (Å²) in [5.74, 6) is 0. The number of nitrogens with zero attached hydrogens (tertiary/aromatic N) is 1. The second-order valence-electron chi connectivity index (χ2n) is 9.49. The van der Waals surface area contributed by atoms with Crippen molar-refractivity contribution in [2.24, 2.45) is 0 Å². The Morgan fingerprint density at radius 2 is 1.76 bits per heavy atom. The van der Waals surface area contributed by atoms with E-state index in [0.29, 0.717) is 10.8 Å². The van der Waals surface area contributed by atoms with Crippen molar-refractivity contribution in [1.82, 2.24) is 5.32 Å². The molecule has 0 fully saturated rings. The Morgan fingerprint density at radius 1 is 0.919 bits per heavy atom. The monoisotopic (exact) mass is 504 g/mol. The zero-order valence-corrected chi connectivity index (χ0v) is 21.4. The number of nitrogens with one attached hydrogen (secondary N) is 1. The SMILES string of the molecule is C=CCNC(=O)N(O)c1cccc(-c2ccc(C3=Cc4ccc5c(c4CC3)CCc3ccccc3-5)s2)c1. The summed E-state index contributed by atoms with van der Waals surface area (Å²) in [5, 5.41) is 13.5. The smallest absolute Gasteiger partial charge is 0.332 e. The van der Waals surface area contributed by atoms with Gasteiger partial charge in [-0.2, -0.15) is 5.06 Å². The molecule has 0 unspecified atom stereocenters. The molecule has 2 aliphatic rings. The molecule has 0 radical (unpaired) electrons. The van der Waals surface area contributed by atoms with E-state index in [0.717, 1.165) is 36.1 Å². The minimum Gasteiger partial charge on any atom is -0.332 e. The van der Waals surface area contributed by atoms with Crippen LogP contribution in [0.4, 0.5) is 10.5 Å². The summed E-state index contributed by atoms with van der Waals surface area (Å²) in [7, 11) is 0. The molecule has 1 heterocycles. The van der Waals surface area contributed by atoms with E-state index in [1.807, 2.05) is 18.2 Å². The molecule has 2 N–H and O–H groups in total. The maximum absolute atomic E-state index is 12.1. The number of rotatable bonds is 5. The van der Waals surface area contributed by atoms with Crippen molar-refractivity contribution >= 4 is 34.7 Å². The minimum absolute atomic E-state index is 0.290. The Balaban J connectivity index is 1.26. The standard InChI is InChI=1S/C32H28N2O2S/c1-2-18-33-32(35)34(36)25-8-5-7-23(20-25)30-16-17-31(37-30)24-12-13-27-22(19-24)11-15-28-26-9-4-3-6-21(26)10-14-29(27)28/h2-9,11,15-17,19-20,36H,1,10,12-14,18H2,(H,33,35). The van der Waals surface area contributed by atoms with Gasteiger partial charge in [0.1, 0.15) is 0 Å². The Labute approximate surface area is 221 Å². The molecule has 184 valence electrons. The van der Waals surface area contributed by atoms with Gasteiger partial charge in [0.25, 0.3) is 0 Å². The number of carbonyl (C=O) groups excluding carboxylic acids is 1. The van der Waals surface area contributed by atoms with E-state index in [1.165, 1.54) is 43.8 Å². The first-order chi connectivity index (χ1) is 18.1. The number of hydrogen-bond donors (Lipinski definition) is 2. The van der Waals surface area contributed by atoms with Gasteiger partial charge < -0.3 is 5.32 Å². The van der Waals surface area contributed by atoms with E-state index >= 15 is 0 Å². The number of anilines is 1. The van der Waals surface area contributed by atoms with E-state index in [4.69, 9.17) is 0 Å². The van der Waals surface area contributed by atoms with Crippen molar-refractivity contribution in [3.63, 3.8) is 0 Å². The van der Waals surface area contributed by atoms with Crippen LogP contribution >= 0.6 is 11.3 Å². The highest BCUT2D eigenvalue weighted by molar-refractivity contribution is 7.16. The van der Waals surface area contributed by atoms with E-state index in [2.05, 4.69) is 66.5 Å². The highest BCUT2D eigenvalue weighted by Crippen LogP contribution is 2.42. The van der Waals surface area contributed by atoms with Crippen LogP contribution in [0.15, 0.2) is 85.5 Å². The maximum atomic E-state index is 12.1. The van der Waals surface area contributed by atoms with Gasteiger partial charge in [-0.05, 0) is 94.5 Å². The predicted molar refractivity (Wildman–Crippen MR) is 153 cm³/mol. The third kappa shape index (κ3) is 4.41. The molecule has 2 amide bonds. The highest BCUT2D eigenvalue weighted by Gasteiger charge is 2.23. The van der Waals surface area contributed by atoms with Crippen LogP contribution in [-0.4, -0.2) is 17.8 Å². The second-order valence-corrected chi connectivity index (χ2v) is 10.6. The van der Waals surface area contributed by atoms with Crippen LogP contribution in [0.25, 0.3) is 33.2 Å². The summed E-state index contributed by atoms with van der Waals surface area (Å²) < 4.78 is 0. The number of hydroxylamine groups is 1. The quantitative estimate of drug-likeness (QED) is 0.166. The Hall–Kier alpha value is -3.93. The van der Waals surface area contributed by atoms with Crippen LogP contribution in [0.3, 0.4) is 0 Å². The van der Waals surface area contributed by atoms with E-state index in [1.54, 1.807) is 23.5 Å². The predicted octanol–water partition coefficient (Wildman–Crippen LogP) is 7.76. The number of hydrogen-bond acceptors (Lipinski definition) is 3. The summed E-state index contributed by atoms with van der Waals surface area (Å²) >= 11 is 1.75. The Bertz CT molecular complexity index is 1550. The topological polar surface area (TPSA) is 52.6 Å². The van der Waals surface area contributed by atoms with Crippen molar-refractivity contribution < 1.29 is 10.0 Å². The first kappa shape index (κ1) is 23.5. The van der Waals surface area contributed by atoms with Crippen LogP contribution in [0.5, 0.6) is 0 Å². The summed E-state index contributed by atoms with van der Waals surface area (Å²) in [6, 6.07) is 24.5. The van der Waals surface area contributed by atoms with Crippen LogP contribution in [-0.2, 0) is 19.3 Å². The van der Waals surface area contributed by atoms with Gasteiger partial charge in [0, 0.05) is 16.3 Å². The van der Waals surface area contributed by atoms with Gasteiger partial charge in [-0.3, -0.25) is 5.21 Å². The lowest BCUT2D eigenvalue weighted by atomic mass is 9.78. The minimum atomic E-state index is -0.583. The molecule has 0 spiro atoms. The lowest BCUT2D eigenvalue weighted by Gasteiger charge is -2.26. The Morgan fingerprint density at radius 3 is 2.65 bits per heavy atom. The number of benzene rings is 3. The number of urea groups is 1. The summed E-state index contributed by atoms with van der Waals surface area (Å²) in [5.41, 5.74) is 11.4. The number of amides is 2. The maximum Gasteiger partial charge on any atom is 0.346 e. The molecule has 1 aromatic heterocycles. The largest absolute Gasteiger partial charge is 0.346 e. The van der Waals surface area contributed by atoms with Crippen molar-refractivity contribution in [2.75, 3.05) is 11.6 Å². The third-order valence-corrected chi connectivity index (χ3v) is 8.49. The molecule has 2 aliphatic carbocycles. The van der Waals surface area contributed by atoms with Gasteiger partial charge in [0.2, 0.25) is 0 Å². The fourth-order valence-corrected chi connectivity index (χ4v) is 6.51. The molecule has 37 heavy (non-hydrogen) atoms. The Kier molecular flexibility index (Phi) is 6.25.